The van der Waals surface area contributed by atoms with Gasteiger partial charge in [-0.3, -0.25) is 9.59 Å². The Morgan fingerprint density at radius 2 is 1.77 bits per heavy atom. The number of rotatable bonds is 6. The maximum absolute atomic E-state index is 13.4. The molecule has 2 aliphatic carbocycles. The molecule has 0 fully saturated rings. The Morgan fingerprint density at radius 1 is 1.16 bits per heavy atom. The highest BCUT2D eigenvalue weighted by Crippen LogP contribution is 2.43. The summed E-state index contributed by atoms with van der Waals surface area (Å²) in [4.78, 5) is 26.8. The van der Waals surface area contributed by atoms with Crippen molar-refractivity contribution in [1.82, 2.24) is 0 Å². The van der Waals surface area contributed by atoms with E-state index in [1.807, 2.05) is 25.1 Å². The molecular weight excluding hydrogens is 400 g/mol. The van der Waals surface area contributed by atoms with Crippen molar-refractivity contribution in [2.45, 2.75) is 65.1 Å². The number of benzene rings is 1. The molecule has 0 aliphatic heterocycles. The fourth-order valence-corrected chi connectivity index (χ4v) is 5.00. The van der Waals surface area contributed by atoms with Crippen molar-refractivity contribution in [3.8, 4) is 0 Å². The molecule has 0 saturated heterocycles. The molecule has 1 aromatic carbocycles. The van der Waals surface area contributed by atoms with E-state index in [1.54, 1.807) is 12.1 Å². The van der Waals surface area contributed by atoms with Crippen molar-refractivity contribution in [1.29, 1.82) is 0 Å². The van der Waals surface area contributed by atoms with Crippen LogP contribution < -0.4 is 0 Å². The Morgan fingerprint density at radius 3 is 2.35 bits per heavy atom. The number of allylic oxidation sites excluding steroid dienone is 6. The first-order chi connectivity index (χ1) is 14.4. The molecule has 2 aliphatic rings. The molecule has 0 N–H and O–H groups in total. The van der Waals surface area contributed by atoms with E-state index in [2.05, 4.69) is 52.6 Å². The van der Waals surface area contributed by atoms with Crippen molar-refractivity contribution >= 4 is 19.9 Å². The van der Waals surface area contributed by atoms with Gasteiger partial charge in [-0.1, -0.05) is 69.3 Å². The lowest BCUT2D eigenvalue weighted by Gasteiger charge is -2.39. The zero-order valence-electron chi connectivity index (χ0n) is 19.7. The van der Waals surface area contributed by atoms with Crippen molar-refractivity contribution in [2.75, 3.05) is 0 Å². The number of ketones is 2. The number of Topliss-reactive ketones (excluding diaryl/α,β-unsaturated/α-hetero) is 2. The fourth-order valence-electron chi connectivity index (χ4n) is 3.89. The minimum Gasteiger partial charge on any atom is -0.546 e. The zero-order valence-corrected chi connectivity index (χ0v) is 20.7. The summed E-state index contributed by atoms with van der Waals surface area (Å²) in [6.45, 7) is 16.9. The molecule has 0 radical (unpaired) electrons. The Hall–Kier alpha value is -2.46. The van der Waals surface area contributed by atoms with Crippen molar-refractivity contribution < 1.29 is 14.0 Å². The zero-order chi connectivity index (χ0) is 23.0. The van der Waals surface area contributed by atoms with Gasteiger partial charge in [-0.15, -0.1) is 0 Å². The molecule has 1 aromatic rings. The van der Waals surface area contributed by atoms with Crippen LogP contribution in [0.5, 0.6) is 0 Å². The molecule has 1 atom stereocenters. The van der Waals surface area contributed by atoms with Gasteiger partial charge in [0.2, 0.25) is 8.32 Å². The molecule has 31 heavy (non-hydrogen) atoms. The highest BCUT2D eigenvalue weighted by Gasteiger charge is 2.42. The van der Waals surface area contributed by atoms with Crippen LogP contribution in [0.1, 0.15) is 67.7 Å². The molecular formula is C27H34O3Si. The predicted molar refractivity (Wildman–Crippen MR) is 130 cm³/mol. The van der Waals surface area contributed by atoms with Crippen LogP contribution in [-0.4, -0.2) is 19.9 Å². The molecule has 3 rings (SSSR count). The average Bonchev–Trinajstić information content (AvgIpc) is 2.67. The summed E-state index contributed by atoms with van der Waals surface area (Å²) >= 11 is 0. The summed E-state index contributed by atoms with van der Waals surface area (Å²) < 4.78 is 6.61. The van der Waals surface area contributed by atoms with Crippen molar-refractivity contribution in [3.05, 3.63) is 82.7 Å². The summed E-state index contributed by atoms with van der Waals surface area (Å²) in [6, 6.07) is 7.17. The van der Waals surface area contributed by atoms with Crippen LogP contribution in [0, 0.1) is 5.92 Å². The van der Waals surface area contributed by atoms with E-state index in [1.165, 1.54) is 0 Å². The Labute approximate surface area is 187 Å². The second-order valence-electron chi connectivity index (χ2n) is 10.2. The van der Waals surface area contributed by atoms with Gasteiger partial charge >= 0.3 is 0 Å². The first-order valence-corrected chi connectivity index (χ1v) is 14.0. The topological polar surface area (TPSA) is 43.4 Å². The van der Waals surface area contributed by atoms with Crippen LogP contribution in [0.25, 0.3) is 0 Å². The highest BCUT2D eigenvalue weighted by molar-refractivity contribution is 6.74. The van der Waals surface area contributed by atoms with E-state index in [-0.39, 0.29) is 22.5 Å². The quantitative estimate of drug-likeness (QED) is 0.351. The number of fused-ring (bicyclic) bond motifs is 1. The standard InChI is InChI=1S/C27H34O3Si/c1-18(2)12-8-9-13-19-16-20(30-31(6,7)27(3,4)5)17-23-24(19)26(29)22-15-11-10-14-21(22)25(23)28/h8,10-12,14-16,19H,1,9,13,17H2,2-7H3/b12-8+. The van der Waals surface area contributed by atoms with Gasteiger partial charge in [0, 0.05) is 34.6 Å². The average molecular weight is 435 g/mol. The highest BCUT2D eigenvalue weighted by atomic mass is 28.4. The van der Waals surface area contributed by atoms with E-state index in [0.29, 0.717) is 28.7 Å². The molecule has 0 saturated carbocycles. The van der Waals surface area contributed by atoms with Gasteiger partial charge in [-0.25, -0.2) is 0 Å². The molecule has 164 valence electrons. The molecule has 0 amide bonds. The first-order valence-electron chi connectivity index (χ1n) is 11.1. The lowest BCUT2D eigenvalue weighted by molar-refractivity contribution is 0.0961. The third kappa shape index (κ3) is 4.74. The van der Waals surface area contributed by atoms with E-state index in [0.717, 1.165) is 24.2 Å². The lowest BCUT2D eigenvalue weighted by Crippen LogP contribution is -2.41. The molecule has 0 spiro atoms. The van der Waals surface area contributed by atoms with Crippen molar-refractivity contribution in [2.24, 2.45) is 5.92 Å². The van der Waals surface area contributed by atoms with Gasteiger partial charge in [-0.05, 0) is 44.0 Å². The molecule has 4 heteroatoms. The number of carbonyl (C=O) groups excluding carboxylic acids is 2. The molecule has 0 heterocycles. The van der Waals surface area contributed by atoms with Gasteiger partial charge in [0.05, 0.1) is 5.76 Å². The number of hydrogen-bond donors (Lipinski definition) is 0. The first kappa shape index (κ1) is 23.2. The van der Waals surface area contributed by atoms with Crippen LogP contribution in [0.2, 0.25) is 18.1 Å². The normalized spacial score (nSPS) is 19.3. The van der Waals surface area contributed by atoms with Crippen LogP contribution in [-0.2, 0) is 4.43 Å². The summed E-state index contributed by atoms with van der Waals surface area (Å²) in [5.74, 6) is 0.682. The molecule has 0 bridgehead atoms. The monoisotopic (exact) mass is 434 g/mol. The number of carbonyl (C=O) groups is 2. The summed E-state index contributed by atoms with van der Waals surface area (Å²) in [6.07, 6.45) is 8.15. The SMILES string of the molecule is C=C(C)/C=C/CCC1C=C(O[Si](C)(C)C(C)(C)C)CC2=C1C(=O)c1ccccc1C2=O. The van der Waals surface area contributed by atoms with Crippen molar-refractivity contribution in [3.63, 3.8) is 0 Å². The smallest absolute Gasteiger partial charge is 0.250 e. The maximum atomic E-state index is 13.4. The number of hydrogen-bond acceptors (Lipinski definition) is 3. The fraction of sp³-hybridized carbons (Fsp3) is 0.407. The van der Waals surface area contributed by atoms with Gasteiger partial charge in [0.1, 0.15) is 0 Å². The van der Waals surface area contributed by atoms with E-state index >= 15 is 0 Å². The molecule has 1 unspecified atom stereocenters. The van der Waals surface area contributed by atoms with E-state index in [4.69, 9.17) is 4.43 Å². The second-order valence-corrected chi connectivity index (χ2v) is 14.9. The Bertz CT molecular complexity index is 1020. The lowest BCUT2D eigenvalue weighted by atomic mass is 9.73. The van der Waals surface area contributed by atoms with Crippen LogP contribution in [0.15, 0.2) is 71.6 Å². The maximum Gasteiger partial charge on any atom is 0.250 e. The molecule has 3 nitrogen and oxygen atoms in total. The summed E-state index contributed by atoms with van der Waals surface area (Å²) in [7, 11) is -2.05. The van der Waals surface area contributed by atoms with Crippen LogP contribution >= 0.6 is 0 Å². The summed E-state index contributed by atoms with van der Waals surface area (Å²) in [5.41, 5.74) is 3.32. The predicted octanol–water partition coefficient (Wildman–Crippen LogP) is 7.20. The third-order valence-corrected chi connectivity index (χ3v) is 11.0. The second kappa shape index (κ2) is 8.58. The van der Waals surface area contributed by atoms with E-state index < -0.39 is 8.32 Å². The van der Waals surface area contributed by atoms with Crippen LogP contribution in [0.3, 0.4) is 0 Å². The minimum absolute atomic E-state index is 0.0123. The van der Waals surface area contributed by atoms with Gasteiger partial charge in [-0.2, -0.15) is 0 Å². The van der Waals surface area contributed by atoms with Crippen LogP contribution in [0.4, 0.5) is 0 Å². The Balaban J connectivity index is 1.98. The molecule has 0 aromatic heterocycles. The summed E-state index contributed by atoms with van der Waals surface area (Å²) in [5, 5.41) is 0.0568. The largest absolute Gasteiger partial charge is 0.546 e. The Kier molecular flexibility index (Phi) is 6.42. The van der Waals surface area contributed by atoms with Gasteiger partial charge < -0.3 is 4.43 Å². The minimum atomic E-state index is -2.05. The van der Waals surface area contributed by atoms with Gasteiger partial charge in [0.25, 0.3) is 0 Å². The van der Waals surface area contributed by atoms with E-state index in [9.17, 15) is 9.59 Å². The van der Waals surface area contributed by atoms with Gasteiger partial charge in [0.15, 0.2) is 11.6 Å². The third-order valence-electron chi connectivity index (χ3n) is 6.61.